The molecule has 144 valence electrons. The maximum Gasteiger partial charge on any atom is 0.222 e. The van der Waals surface area contributed by atoms with Crippen LogP contribution in [0.25, 0.3) is 0 Å². The lowest BCUT2D eigenvalue weighted by Gasteiger charge is -2.35. The van der Waals surface area contributed by atoms with Gasteiger partial charge in [-0.2, -0.15) is 0 Å². The second kappa shape index (κ2) is 9.24. The summed E-state index contributed by atoms with van der Waals surface area (Å²) in [6.07, 6.45) is 2.92. The summed E-state index contributed by atoms with van der Waals surface area (Å²) in [5.74, 6) is 2.72. The Kier molecular flexibility index (Phi) is 6.74. The van der Waals surface area contributed by atoms with Gasteiger partial charge < -0.3 is 19.7 Å². The summed E-state index contributed by atoms with van der Waals surface area (Å²) < 4.78 is 10.8. The minimum atomic E-state index is 0.315. The first-order chi connectivity index (χ1) is 12.7. The molecule has 3 rings (SSSR count). The van der Waals surface area contributed by atoms with E-state index in [9.17, 15) is 4.79 Å². The molecular formula is C20H31N3O3. The molecule has 2 heterocycles. The third-order valence-corrected chi connectivity index (χ3v) is 5.54. The van der Waals surface area contributed by atoms with Gasteiger partial charge in [-0.05, 0) is 50.0 Å². The third-order valence-electron chi connectivity index (χ3n) is 5.54. The van der Waals surface area contributed by atoms with Gasteiger partial charge >= 0.3 is 0 Å². The van der Waals surface area contributed by atoms with Gasteiger partial charge in [0.15, 0.2) is 0 Å². The molecule has 1 aromatic carbocycles. The Hall–Kier alpha value is -1.79. The third kappa shape index (κ3) is 4.89. The molecule has 1 unspecified atom stereocenters. The monoisotopic (exact) mass is 361 g/mol. The van der Waals surface area contributed by atoms with Crippen LogP contribution in [0.15, 0.2) is 18.2 Å². The molecule has 2 saturated heterocycles. The molecule has 1 N–H and O–H groups in total. The molecule has 26 heavy (non-hydrogen) atoms. The molecule has 2 aliphatic heterocycles. The highest BCUT2D eigenvalue weighted by atomic mass is 16.5. The summed E-state index contributed by atoms with van der Waals surface area (Å²) in [6.45, 7) is 6.42. The Morgan fingerprint density at radius 3 is 2.65 bits per heavy atom. The smallest absolute Gasteiger partial charge is 0.222 e. The van der Waals surface area contributed by atoms with Crippen molar-refractivity contribution in [3.63, 3.8) is 0 Å². The molecule has 1 amide bonds. The van der Waals surface area contributed by atoms with Crippen molar-refractivity contribution in [2.75, 3.05) is 53.5 Å². The molecule has 0 aliphatic carbocycles. The molecule has 0 bridgehead atoms. The Morgan fingerprint density at radius 1 is 1.19 bits per heavy atom. The highest BCUT2D eigenvalue weighted by Gasteiger charge is 2.23. The average molecular weight is 361 g/mol. The van der Waals surface area contributed by atoms with Crippen molar-refractivity contribution in [3.05, 3.63) is 23.8 Å². The number of benzene rings is 1. The molecule has 6 nitrogen and oxygen atoms in total. The van der Waals surface area contributed by atoms with E-state index in [1.807, 2.05) is 23.1 Å². The van der Waals surface area contributed by atoms with E-state index in [1.165, 1.54) is 6.42 Å². The van der Waals surface area contributed by atoms with E-state index in [0.29, 0.717) is 18.2 Å². The second-order valence-corrected chi connectivity index (χ2v) is 7.23. The van der Waals surface area contributed by atoms with Crippen LogP contribution in [0.2, 0.25) is 0 Å². The highest BCUT2D eigenvalue weighted by molar-refractivity contribution is 5.76. The summed E-state index contributed by atoms with van der Waals surface area (Å²) >= 11 is 0. The number of hydrogen-bond acceptors (Lipinski definition) is 5. The quantitative estimate of drug-likeness (QED) is 0.802. The maximum absolute atomic E-state index is 12.5. The Morgan fingerprint density at radius 2 is 2.00 bits per heavy atom. The number of methoxy groups -OCH3 is 2. The fraction of sp³-hybridized carbons (Fsp3) is 0.650. The number of ether oxygens (including phenoxy) is 2. The molecule has 0 spiro atoms. The van der Waals surface area contributed by atoms with E-state index >= 15 is 0 Å². The van der Waals surface area contributed by atoms with Gasteiger partial charge in [0.25, 0.3) is 0 Å². The number of rotatable bonds is 7. The van der Waals surface area contributed by atoms with Crippen LogP contribution in [-0.2, 0) is 11.3 Å². The topological polar surface area (TPSA) is 54.0 Å². The van der Waals surface area contributed by atoms with E-state index < -0.39 is 0 Å². The zero-order chi connectivity index (χ0) is 18.4. The highest BCUT2D eigenvalue weighted by Crippen LogP contribution is 2.25. The number of hydrogen-bond donors (Lipinski definition) is 1. The van der Waals surface area contributed by atoms with Crippen LogP contribution in [0, 0.1) is 5.92 Å². The maximum atomic E-state index is 12.5. The van der Waals surface area contributed by atoms with Gasteiger partial charge in [-0.15, -0.1) is 0 Å². The van der Waals surface area contributed by atoms with Crippen LogP contribution in [-0.4, -0.2) is 69.2 Å². The summed E-state index contributed by atoms with van der Waals surface area (Å²) in [5, 5.41) is 3.37. The Labute approximate surface area is 156 Å². The van der Waals surface area contributed by atoms with Crippen LogP contribution in [0.3, 0.4) is 0 Å². The zero-order valence-electron chi connectivity index (χ0n) is 16.0. The average Bonchev–Trinajstić information content (AvgIpc) is 3.20. The fourth-order valence-electron chi connectivity index (χ4n) is 3.85. The number of nitrogens with one attached hydrogen (secondary N) is 1. The SMILES string of the molecule is COc1ccc(OC)c(CN2CCN(C(=O)CCC3CCNC3)CC2)c1. The van der Waals surface area contributed by atoms with E-state index in [1.54, 1.807) is 14.2 Å². The van der Waals surface area contributed by atoms with Crippen molar-refractivity contribution >= 4 is 5.91 Å². The summed E-state index contributed by atoms with van der Waals surface area (Å²) in [6, 6.07) is 5.90. The van der Waals surface area contributed by atoms with Crippen molar-refractivity contribution < 1.29 is 14.3 Å². The van der Waals surface area contributed by atoms with Gasteiger partial charge in [0.05, 0.1) is 14.2 Å². The molecule has 1 atom stereocenters. The predicted octanol–water partition coefficient (Wildman–Crippen LogP) is 1.74. The van der Waals surface area contributed by atoms with Crippen molar-refractivity contribution in [3.8, 4) is 11.5 Å². The lowest BCUT2D eigenvalue weighted by Crippen LogP contribution is -2.48. The van der Waals surface area contributed by atoms with Crippen molar-refractivity contribution in [1.82, 2.24) is 15.1 Å². The van der Waals surface area contributed by atoms with Crippen LogP contribution < -0.4 is 14.8 Å². The molecule has 2 aliphatic rings. The van der Waals surface area contributed by atoms with Crippen molar-refractivity contribution in [2.24, 2.45) is 5.92 Å². The zero-order valence-corrected chi connectivity index (χ0v) is 16.0. The predicted molar refractivity (Wildman–Crippen MR) is 102 cm³/mol. The number of nitrogens with zero attached hydrogens (tertiary/aromatic N) is 2. The number of carbonyl (C=O) groups excluding carboxylic acids is 1. The number of piperazine rings is 1. The van der Waals surface area contributed by atoms with Crippen LogP contribution in [0.1, 0.15) is 24.8 Å². The first-order valence-corrected chi connectivity index (χ1v) is 9.61. The standard InChI is InChI=1S/C20H31N3O3/c1-25-18-4-5-19(26-2)17(13-18)15-22-9-11-23(12-10-22)20(24)6-3-16-7-8-21-14-16/h4-5,13,16,21H,3,6-12,14-15H2,1-2H3. The summed E-state index contributed by atoms with van der Waals surface area (Å²) in [4.78, 5) is 16.9. The number of amides is 1. The van der Waals surface area contributed by atoms with Gasteiger partial charge in [0, 0.05) is 44.7 Å². The summed E-state index contributed by atoms with van der Waals surface area (Å²) in [7, 11) is 3.37. The largest absolute Gasteiger partial charge is 0.497 e. The first-order valence-electron chi connectivity index (χ1n) is 9.61. The van der Waals surface area contributed by atoms with Gasteiger partial charge in [0.2, 0.25) is 5.91 Å². The van der Waals surface area contributed by atoms with Gasteiger partial charge in [-0.1, -0.05) is 0 Å². The Bertz CT molecular complexity index is 594. The van der Waals surface area contributed by atoms with Crippen LogP contribution >= 0.6 is 0 Å². The minimum Gasteiger partial charge on any atom is -0.497 e. The van der Waals surface area contributed by atoms with Crippen molar-refractivity contribution in [2.45, 2.75) is 25.8 Å². The lowest BCUT2D eigenvalue weighted by atomic mass is 10.0. The van der Waals surface area contributed by atoms with E-state index in [2.05, 4.69) is 10.2 Å². The van der Waals surface area contributed by atoms with Gasteiger partial charge in [0.1, 0.15) is 11.5 Å². The van der Waals surface area contributed by atoms with Crippen molar-refractivity contribution in [1.29, 1.82) is 0 Å². The van der Waals surface area contributed by atoms with Gasteiger partial charge in [-0.3, -0.25) is 9.69 Å². The van der Waals surface area contributed by atoms with Crippen LogP contribution in [0.5, 0.6) is 11.5 Å². The van der Waals surface area contributed by atoms with E-state index in [4.69, 9.17) is 9.47 Å². The number of carbonyl (C=O) groups is 1. The summed E-state index contributed by atoms with van der Waals surface area (Å²) in [5.41, 5.74) is 1.13. The normalized spacial score (nSPS) is 21.0. The van der Waals surface area contributed by atoms with Crippen LogP contribution in [0.4, 0.5) is 0 Å². The molecule has 0 saturated carbocycles. The lowest BCUT2D eigenvalue weighted by molar-refractivity contribution is -0.133. The molecule has 0 radical (unpaired) electrons. The molecule has 2 fully saturated rings. The first kappa shape index (κ1) is 19.0. The Balaban J connectivity index is 1.46. The second-order valence-electron chi connectivity index (χ2n) is 7.23. The van der Waals surface area contributed by atoms with E-state index in [0.717, 1.165) is 69.3 Å². The fourth-order valence-corrected chi connectivity index (χ4v) is 3.85. The molecular weight excluding hydrogens is 330 g/mol. The minimum absolute atomic E-state index is 0.315. The van der Waals surface area contributed by atoms with E-state index in [-0.39, 0.29) is 0 Å². The molecule has 0 aromatic heterocycles. The molecule has 1 aromatic rings. The van der Waals surface area contributed by atoms with Gasteiger partial charge in [-0.25, -0.2) is 0 Å². The molecule has 6 heteroatoms.